The molecule has 9 nitrogen and oxygen atoms in total. The van der Waals surface area contributed by atoms with Crippen molar-refractivity contribution in [3.63, 3.8) is 0 Å². The van der Waals surface area contributed by atoms with Gasteiger partial charge in [-0.2, -0.15) is 0 Å². The van der Waals surface area contributed by atoms with Crippen molar-refractivity contribution >= 4 is 52.7 Å². The lowest BCUT2D eigenvalue weighted by atomic mass is 10.1. The van der Waals surface area contributed by atoms with Crippen LogP contribution in [0.15, 0.2) is 73.1 Å². The fourth-order valence-corrected chi connectivity index (χ4v) is 3.18. The molecule has 2 N–H and O–H groups in total. The third-order valence-corrected chi connectivity index (χ3v) is 5.04. The summed E-state index contributed by atoms with van der Waals surface area (Å²) < 4.78 is 10.3. The summed E-state index contributed by atoms with van der Waals surface area (Å²) in [5.41, 5.74) is -0.0195. The van der Waals surface area contributed by atoms with Crippen molar-refractivity contribution in [1.82, 2.24) is 4.98 Å². The third kappa shape index (κ3) is 6.09. The van der Waals surface area contributed by atoms with Crippen LogP contribution >= 0.6 is 23.2 Å². The first-order valence-corrected chi connectivity index (χ1v) is 10.4. The van der Waals surface area contributed by atoms with Gasteiger partial charge in [-0.05, 0) is 36.4 Å². The molecule has 1 aromatic heterocycles. The zero-order valence-corrected chi connectivity index (χ0v) is 18.7. The number of carboxylic acid groups (broad SMARTS) is 1. The number of benzene rings is 2. The average Bonchev–Trinajstić information content (AvgIpc) is 2.82. The largest absolute Gasteiger partial charge is 0.478 e. The number of ether oxygens (including phenoxy) is 2. The average molecular weight is 503 g/mol. The molecular weight excluding hydrogens is 487 g/mol. The van der Waals surface area contributed by atoms with Crippen molar-refractivity contribution < 1.29 is 33.8 Å². The monoisotopic (exact) mass is 502 g/mol. The van der Waals surface area contributed by atoms with Crippen molar-refractivity contribution in [2.24, 2.45) is 0 Å². The van der Waals surface area contributed by atoms with E-state index in [-0.39, 0.29) is 26.9 Å². The molecule has 0 aliphatic heterocycles. The molecule has 34 heavy (non-hydrogen) atoms. The molecule has 0 fully saturated rings. The van der Waals surface area contributed by atoms with E-state index in [4.69, 9.17) is 32.7 Å². The van der Waals surface area contributed by atoms with E-state index in [1.54, 1.807) is 12.1 Å². The van der Waals surface area contributed by atoms with Gasteiger partial charge in [0.1, 0.15) is 0 Å². The van der Waals surface area contributed by atoms with E-state index in [2.05, 4.69) is 10.3 Å². The first kappa shape index (κ1) is 24.7. The molecule has 1 heterocycles. The van der Waals surface area contributed by atoms with E-state index in [1.807, 2.05) is 0 Å². The van der Waals surface area contributed by atoms with Gasteiger partial charge in [0, 0.05) is 18.1 Å². The van der Waals surface area contributed by atoms with Crippen molar-refractivity contribution in [3.8, 4) is 0 Å². The Morgan fingerprint density at radius 3 is 1.71 bits per heavy atom. The number of halogens is 2. The van der Waals surface area contributed by atoms with Crippen LogP contribution in [0.2, 0.25) is 10.0 Å². The molecule has 0 aliphatic rings. The maximum absolute atomic E-state index is 13.0. The van der Waals surface area contributed by atoms with Gasteiger partial charge in [0.05, 0.1) is 21.2 Å². The van der Waals surface area contributed by atoms with E-state index in [0.717, 1.165) is 0 Å². The van der Waals surface area contributed by atoms with Crippen LogP contribution in [0.5, 0.6) is 0 Å². The molecule has 3 rings (SSSR count). The number of carboxylic acids is 1. The Bertz CT molecular complexity index is 1220. The molecule has 1 amide bonds. The summed E-state index contributed by atoms with van der Waals surface area (Å²) in [4.78, 5) is 54.1. The lowest BCUT2D eigenvalue weighted by Gasteiger charge is -2.24. The first-order chi connectivity index (χ1) is 16.3. The quantitative estimate of drug-likeness (QED) is 0.443. The normalized spacial score (nSPS) is 12.2. The summed E-state index contributed by atoms with van der Waals surface area (Å²) in [6.07, 6.45) is -1.53. The van der Waals surface area contributed by atoms with E-state index >= 15 is 0 Å². The predicted molar refractivity (Wildman–Crippen MR) is 122 cm³/mol. The highest BCUT2D eigenvalue weighted by molar-refractivity contribution is 6.34. The highest BCUT2D eigenvalue weighted by atomic mass is 35.5. The SMILES string of the molecule is O=C(O[C@H](C(=O)Nc1ccncc1)[C@@H](OC(=O)c1ccccc1Cl)C(=O)O)c1ccccc1Cl. The maximum atomic E-state index is 13.0. The maximum Gasteiger partial charge on any atom is 0.349 e. The number of amides is 1. The number of hydrogen-bond donors (Lipinski definition) is 2. The molecule has 0 spiro atoms. The van der Waals surface area contributed by atoms with E-state index in [9.17, 15) is 24.3 Å². The molecule has 11 heteroatoms. The number of carbonyl (C=O) groups excluding carboxylic acids is 3. The molecular formula is C23H16Cl2N2O7. The Morgan fingerprint density at radius 1 is 0.765 bits per heavy atom. The van der Waals surface area contributed by atoms with Crippen molar-refractivity contribution in [1.29, 1.82) is 0 Å². The summed E-state index contributed by atoms with van der Waals surface area (Å²) >= 11 is 12.0. The Labute approximate surface area is 203 Å². The van der Waals surface area contributed by atoms with Crippen LogP contribution < -0.4 is 5.32 Å². The Kier molecular flexibility index (Phi) is 8.18. The van der Waals surface area contributed by atoms with Crippen LogP contribution in [0.1, 0.15) is 20.7 Å². The van der Waals surface area contributed by atoms with Gasteiger partial charge >= 0.3 is 17.9 Å². The van der Waals surface area contributed by atoms with E-state index < -0.39 is 36.0 Å². The van der Waals surface area contributed by atoms with Crippen LogP contribution in [-0.2, 0) is 19.1 Å². The Balaban J connectivity index is 1.93. The van der Waals surface area contributed by atoms with E-state index in [1.165, 1.54) is 60.9 Å². The second-order valence-electron chi connectivity index (χ2n) is 6.67. The number of carbonyl (C=O) groups is 4. The lowest BCUT2D eigenvalue weighted by Crippen LogP contribution is -2.48. The van der Waals surface area contributed by atoms with Gasteiger partial charge in [-0.15, -0.1) is 0 Å². The van der Waals surface area contributed by atoms with Gasteiger partial charge in [0.2, 0.25) is 12.2 Å². The number of aromatic nitrogens is 1. The highest BCUT2D eigenvalue weighted by Gasteiger charge is 2.41. The molecule has 3 aromatic rings. The van der Waals surface area contributed by atoms with Gasteiger partial charge in [0.15, 0.2) is 0 Å². The van der Waals surface area contributed by atoms with Gasteiger partial charge in [-0.3, -0.25) is 9.78 Å². The molecule has 0 aliphatic carbocycles. The van der Waals surface area contributed by atoms with Crippen LogP contribution in [0, 0.1) is 0 Å². The topological polar surface area (TPSA) is 132 Å². The molecule has 0 radical (unpaired) electrons. The summed E-state index contributed by atoms with van der Waals surface area (Å²) in [6.45, 7) is 0. The number of aliphatic carboxylic acids is 1. The molecule has 2 aromatic carbocycles. The number of anilines is 1. The first-order valence-electron chi connectivity index (χ1n) is 9.62. The number of esters is 2. The van der Waals surface area contributed by atoms with Gasteiger partial charge in [0.25, 0.3) is 5.91 Å². The highest BCUT2D eigenvalue weighted by Crippen LogP contribution is 2.21. The third-order valence-electron chi connectivity index (χ3n) is 4.38. The molecule has 174 valence electrons. The fraction of sp³-hybridized carbons (Fsp3) is 0.0870. The molecule has 2 atom stereocenters. The Morgan fingerprint density at radius 2 is 1.24 bits per heavy atom. The molecule has 0 saturated carbocycles. The molecule has 0 unspecified atom stereocenters. The lowest BCUT2D eigenvalue weighted by molar-refractivity contribution is -0.157. The minimum atomic E-state index is -2.21. The smallest absolute Gasteiger partial charge is 0.349 e. The second-order valence-corrected chi connectivity index (χ2v) is 7.49. The number of hydrogen-bond acceptors (Lipinski definition) is 7. The summed E-state index contributed by atoms with van der Waals surface area (Å²) in [5, 5.41) is 12.2. The summed E-state index contributed by atoms with van der Waals surface area (Å²) in [7, 11) is 0. The molecule has 0 bridgehead atoms. The Hall–Kier alpha value is -3.95. The van der Waals surface area contributed by atoms with Crippen LogP contribution in [0.25, 0.3) is 0 Å². The van der Waals surface area contributed by atoms with Crippen LogP contribution in [-0.4, -0.2) is 46.1 Å². The zero-order valence-electron chi connectivity index (χ0n) is 17.2. The predicted octanol–water partition coefficient (Wildman–Crippen LogP) is 3.86. The van der Waals surface area contributed by atoms with Gasteiger partial charge in [-0.25, -0.2) is 14.4 Å². The number of rotatable bonds is 8. The summed E-state index contributed by atoms with van der Waals surface area (Å²) in [5.74, 6) is -5.03. The fourth-order valence-electron chi connectivity index (χ4n) is 2.75. The minimum absolute atomic E-state index is 0.00230. The standard InChI is InChI=1S/C23H16Cl2N2O7/c24-16-7-3-1-5-14(16)22(31)33-18(20(28)27-13-9-11-26-12-10-13)19(21(29)30)34-23(32)15-6-2-4-8-17(15)25/h1-12,18-19H,(H,29,30)(H,26,27,28)/t18-,19+/m0/s1. The van der Waals surface area contributed by atoms with Crippen LogP contribution in [0.4, 0.5) is 5.69 Å². The van der Waals surface area contributed by atoms with Crippen molar-refractivity contribution in [2.45, 2.75) is 12.2 Å². The summed E-state index contributed by atoms with van der Waals surface area (Å²) in [6, 6.07) is 14.4. The minimum Gasteiger partial charge on any atom is -0.478 e. The number of pyridine rings is 1. The van der Waals surface area contributed by atoms with Crippen molar-refractivity contribution in [3.05, 3.63) is 94.2 Å². The zero-order chi connectivity index (χ0) is 24.7. The van der Waals surface area contributed by atoms with Gasteiger partial charge < -0.3 is 19.9 Å². The van der Waals surface area contributed by atoms with E-state index in [0.29, 0.717) is 0 Å². The van der Waals surface area contributed by atoms with Gasteiger partial charge in [-0.1, -0.05) is 47.5 Å². The second kappa shape index (κ2) is 11.3. The number of nitrogens with one attached hydrogen (secondary N) is 1. The number of nitrogens with zero attached hydrogens (tertiary/aromatic N) is 1. The van der Waals surface area contributed by atoms with Crippen LogP contribution in [0.3, 0.4) is 0 Å². The van der Waals surface area contributed by atoms with Crippen molar-refractivity contribution in [2.75, 3.05) is 5.32 Å². The molecule has 0 saturated heterocycles.